The molecule has 0 heterocycles. The Morgan fingerprint density at radius 2 is 0.709 bits per heavy atom. The van der Waals surface area contributed by atoms with Crippen LogP contribution in [-0.2, 0) is 4.79 Å². The third kappa shape index (κ3) is 43.6. The first-order chi connectivity index (χ1) is 27.2. The van der Waals surface area contributed by atoms with Gasteiger partial charge in [-0.25, -0.2) is 0 Å². The molecule has 3 N–H and O–H groups in total. The average Bonchev–Trinajstić information content (AvgIpc) is 3.19. The van der Waals surface area contributed by atoms with E-state index >= 15 is 0 Å². The number of aliphatic hydroxyl groups excluding tert-OH is 2. The number of carbonyl (C=O) groups excluding carboxylic acids is 1. The average molecular weight is 772 g/mol. The molecule has 0 aromatic carbocycles. The number of rotatable bonds is 45. The lowest BCUT2D eigenvalue weighted by molar-refractivity contribution is -0.123. The molecule has 0 fully saturated rings. The molecule has 4 heteroatoms. The largest absolute Gasteiger partial charge is 0.394 e. The molecule has 0 radical (unpaired) electrons. The van der Waals surface area contributed by atoms with Crippen LogP contribution in [0.15, 0.2) is 36.5 Å². The van der Waals surface area contributed by atoms with Crippen molar-refractivity contribution in [1.82, 2.24) is 5.32 Å². The first kappa shape index (κ1) is 53.6. The van der Waals surface area contributed by atoms with Crippen LogP contribution in [0.4, 0.5) is 0 Å². The number of amides is 1. The third-order valence-electron chi connectivity index (χ3n) is 11.4. The second-order valence-electron chi connectivity index (χ2n) is 16.9. The van der Waals surface area contributed by atoms with E-state index in [2.05, 4.69) is 43.5 Å². The Morgan fingerprint density at radius 3 is 1.05 bits per heavy atom. The maximum absolute atomic E-state index is 12.3. The van der Waals surface area contributed by atoms with Gasteiger partial charge in [-0.3, -0.25) is 4.79 Å². The Balaban J connectivity index is 3.53. The minimum Gasteiger partial charge on any atom is -0.394 e. The van der Waals surface area contributed by atoms with Gasteiger partial charge in [0.15, 0.2) is 0 Å². The van der Waals surface area contributed by atoms with Crippen molar-refractivity contribution in [3.63, 3.8) is 0 Å². The number of hydrogen-bond donors (Lipinski definition) is 3. The Hall–Kier alpha value is -1.39. The Labute approximate surface area is 344 Å². The number of nitrogens with one attached hydrogen (secondary N) is 1. The lowest BCUT2D eigenvalue weighted by atomic mass is 10.0. The molecule has 0 bridgehead atoms. The minimum absolute atomic E-state index is 0.0774. The lowest BCUT2D eigenvalue weighted by Crippen LogP contribution is -2.45. The van der Waals surface area contributed by atoms with E-state index < -0.39 is 12.1 Å². The highest BCUT2D eigenvalue weighted by Gasteiger charge is 2.17. The molecule has 1 amide bonds. The lowest BCUT2D eigenvalue weighted by Gasteiger charge is -2.19. The maximum Gasteiger partial charge on any atom is 0.220 e. The molecule has 0 aromatic rings. The van der Waals surface area contributed by atoms with Gasteiger partial charge in [0, 0.05) is 6.42 Å². The molecule has 0 aliphatic heterocycles. The van der Waals surface area contributed by atoms with Gasteiger partial charge < -0.3 is 15.5 Å². The van der Waals surface area contributed by atoms with E-state index in [1.54, 1.807) is 6.08 Å². The van der Waals surface area contributed by atoms with Gasteiger partial charge in [-0.2, -0.15) is 0 Å². The van der Waals surface area contributed by atoms with Crippen molar-refractivity contribution in [1.29, 1.82) is 0 Å². The zero-order chi connectivity index (χ0) is 40.0. The predicted octanol–water partition coefficient (Wildman–Crippen LogP) is 15.7. The normalized spacial score (nSPS) is 13.2. The van der Waals surface area contributed by atoms with Crippen LogP contribution in [0, 0.1) is 0 Å². The fourth-order valence-electron chi connectivity index (χ4n) is 7.56. The van der Waals surface area contributed by atoms with Gasteiger partial charge in [0.1, 0.15) is 0 Å². The smallest absolute Gasteiger partial charge is 0.220 e. The van der Waals surface area contributed by atoms with E-state index in [1.165, 1.54) is 205 Å². The molecule has 0 saturated carbocycles. The highest BCUT2D eigenvalue weighted by atomic mass is 16.3. The van der Waals surface area contributed by atoms with Crippen molar-refractivity contribution in [2.75, 3.05) is 6.61 Å². The van der Waals surface area contributed by atoms with Crippen molar-refractivity contribution in [2.45, 2.75) is 276 Å². The summed E-state index contributed by atoms with van der Waals surface area (Å²) in [5, 5.41) is 23.0. The first-order valence-electron chi connectivity index (χ1n) is 24.7. The molecule has 55 heavy (non-hydrogen) atoms. The van der Waals surface area contributed by atoms with Gasteiger partial charge in [-0.05, 0) is 44.9 Å². The van der Waals surface area contributed by atoms with Crippen LogP contribution in [-0.4, -0.2) is 34.9 Å². The van der Waals surface area contributed by atoms with E-state index in [0.29, 0.717) is 6.42 Å². The molecule has 4 nitrogen and oxygen atoms in total. The molecule has 0 aliphatic carbocycles. The van der Waals surface area contributed by atoms with E-state index in [1.807, 2.05) is 6.08 Å². The van der Waals surface area contributed by atoms with Crippen LogP contribution >= 0.6 is 0 Å². The zero-order valence-corrected chi connectivity index (χ0v) is 37.2. The maximum atomic E-state index is 12.3. The van der Waals surface area contributed by atoms with Crippen molar-refractivity contribution >= 4 is 5.91 Å². The van der Waals surface area contributed by atoms with Crippen LogP contribution < -0.4 is 5.32 Å². The molecular weight excluding hydrogens is 675 g/mol. The van der Waals surface area contributed by atoms with Crippen LogP contribution in [0.3, 0.4) is 0 Å². The monoisotopic (exact) mass is 772 g/mol. The molecule has 0 aliphatic rings. The Bertz CT molecular complexity index is 836. The van der Waals surface area contributed by atoms with E-state index in [4.69, 9.17) is 0 Å². The fraction of sp³-hybridized carbons (Fsp3) is 0.863. The number of unbranched alkanes of at least 4 members (excludes halogenated alkanes) is 34. The highest BCUT2D eigenvalue weighted by Crippen LogP contribution is 2.16. The molecule has 0 spiro atoms. The number of allylic oxidation sites excluding steroid dienone is 5. The zero-order valence-electron chi connectivity index (χ0n) is 37.2. The van der Waals surface area contributed by atoms with Gasteiger partial charge in [0.25, 0.3) is 0 Å². The fourth-order valence-corrected chi connectivity index (χ4v) is 7.56. The topological polar surface area (TPSA) is 69.6 Å². The van der Waals surface area contributed by atoms with E-state index in [9.17, 15) is 15.0 Å². The van der Waals surface area contributed by atoms with Gasteiger partial charge in [0.05, 0.1) is 18.8 Å². The van der Waals surface area contributed by atoms with Gasteiger partial charge in [0.2, 0.25) is 5.91 Å². The quantitative estimate of drug-likeness (QED) is 0.0426. The van der Waals surface area contributed by atoms with E-state index in [0.717, 1.165) is 38.5 Å². The highest BCUT2D eigenvalue weighted by molar-refractivity contribution is 5.76. The number of carbonyl (C=O) groups is 1. The summed E-state index contributed by atoms with van der Waals surface area (Å²) in [6.45, 7) is 4.30. The molecular formula is C51H97NO3. The molecule has 0 saturated heterocycles. The van der Waals surface area contributed by atoms with Crippen molar-refractivity contribution in [2.24, 2.45) is 0 Å². The second kappa shape index (κ2) is 47.0. The summed E-state index contributed by atoms with van der Waals surface area (Å²) in [4.78, 5) is 12.3. The van der Waals surface area contributed by atoms with E-state index in [-0.39, 0.29) is 12.5 Å². The Morgan fingerprint density at radius 1 is 0.418 bits per heavy atom. The summed E-state index contributed by atoms with van der Waals surface area (Å²) >= 11 is 0. The summed E-state index contributed by atoms with van der Waals surface area (Å²) in [5.74, 6) is -0.0774. The van der Waals surface area contributed by atoms with Crippen LogP contribution in [0.5, 0.6) is 0 Å². The minimum atomic E-state index is -0.867. The van der Waals surface area contributed by atoms with Crippen molar-refractivity contribution in [3.8, 4) is 0 Å². The third-order valence-corrected chi connectivity index (χ3v) is 11.4. The van der Waals surface area contributed by atoms with Gasteiger partial charge in [-0.1, -0.05) is 249 Å². The number of aliphatic hydroxyl groups is 2. The second-order valence-corrected chi connectivity index (χ2v) is 16.9. The first-order valence-corrected chi connectivity index (χ1v) is 24.7. The van der Waals surface area contributed by atoms with Gasteiger partial charge >= 0.3 is 0 Å². The summed E-state index contributed by atoms with van der Waals surface area (Å²) in [5.41, 5.74) is 0. The standard InChI is InChI=1S/C51H97NO3/c1-3-5-7-9-11-13-15-17-18-19-20-21-22-23-24-25-26-27-28-29-30-31-32-33-34-35-36-38-40-42-44-46-50(54)49(48-53)52-51(55)47-45-43-41-39-37-16-14-12-10-8-6-4-2/h32-33,36,38,44,46,49-50,53-54H,3-31,34-35,37,39-43,45,47-48H2,1-2H3,(H,52,55)/b33-32+,38-36+,46-44+. The Kier molecular flexibility index (Phi) is 45.8. The SMILES string of the molecule is CCCCCCCCCCCCCCCCCCCCCCC/C=C/CC/C=C/CC/C=C/C(O)C(CO)NC(=O)CCCCCCCCCCCCCC. The summed E-state index contributed by atoms with van der Waals surface area (Å²) in [7, 11) is 0. The molecule has 0 rings (SSSR count). The van der Waals surface area contributed by atoms with Crippen LogP contribution in [0.2, 0.25) is 0 Å². The molecule has 324 valence electrons. The molecule has 2 unspecified atom stereocenters. The summed E-state index contributed by atoms with van der Waals surface area (Å²) in [6.07, 6.45) is 62.9. The molecule has 0 aromatic heterocycles. The summed E-state index contributed by atoms with van der Waals surface area (Å²) in [6, 6.07) is -0.642. The van der Waals surface area contributed by atoms with Crippen LogP contribution in [0.25, 0.3) is 0 Å². The molecule has 2 atom stereocenters. The van der Waals surface area contributed by atoms with Gasteiger partial charge in [-0.15, -0.1) is 0 Å². The van der Waals surface area contributed by atoms with Crippen LogP contribution in [0.1, 0.15) is 264 Å². The predicted molar refractivity (Wildman–Crippen MR) is 244 cm³/mol. The van der Waals surface area contributed by atoms with Crippen molar-refractivity contribution in [3.05, 3.63) is 36.5 Å². The van der Waals surface area contributed by atoms with Crippen molar-refractivity contribution < 1.29 is 15.0 Å². The summed E-state index contributed by atoms with van der Waals surface area (Å²) < 4.78 is 0. The number of hydrogen-bond acceptors (Lipinski definition) is 3.